The number of carbonyl (C=O) groups is 1. The van der Waals surface area contributed by atoms with Gasteiger partial charge in [-0.05, 0) is 36.5 Å². The van der Waals surface area contributed by atoms with Crippen LogP contribution < -0.4 is 5.32 Å². The van der Waals surface area contributed by atoms with E-state index in [-0.39, 0.29) is 11.8 Å². The van der Waals surface area contributed by atoms with Crippen molar-refractivity contribution in [3.63, 3.8) is 0 Å². The molecule has 1 fully saturated rings. The highest BCUT2D eigenvalue weighted by Gasteiger charge is 2.38. The van der Waals surface area contributed by atoms with Gasteiger partial charge in [-0.15, -0.1) is 0 Å². The summed E-state index contributed by atoms with van der Waals surface area (Å²) in [5.41, 5.74) is 1.16. The number of carbonyl (C=O) groups excluding carboxylic acids is 1. The Morgan fingerprint density at radius 2 is 2.31 bits per heavy atom. The predicted octanol–water partition coefficient (Wildman–Crippen LogP) is 2.65. The molecular formula is C13H16ClNO. The van der Waals surface area contributed by atoms with Crippen molar-refractivity contribution in [3.05, 3.63) is 34.9 Å². The van der Waals surface area contributed by atoms with Crippen LogP contribution in [-0.2, 0) is 11.2 Å². The molecule has 2 nitrogen and oxygen atoms in total. The molecule has 0 heterocycles. The molecule has 2 atom stereocenters. The van der Waals surface area contributed by atoms with Crippen molar-refractivity contribution in [2.75, 3.05) is 6.54 Å². The van der Waals surface area contributed by atoms with Gasteiger partial charge < -0.3 is 5.32 Å². The van der Waals surface area contributed by atoms with Crippen molar-refractivity contribution in [1.82, 2.24) is 5.32 Å². The van der Waals surface area contributed by atoms with Gasteiger partial charge >= 0.3 is 0 Å². The first-order valence-corrected chi connectivity index (χ1v) is 6.07. The zero-order valence-electron chi connectivity index (χ0n) is 9.37. The van der Waals surface area contributed by atoms with Crippen molar-refractivity contribution >= 4 is 17.5 Å². The summed E-state index contributed by atoms with van der Waals surface area (Å²) in [5.74, 6) is 1.04. The Balaban J connectivity index is 1.74. The minimum Gasteiger partial charge on any atom is -0.356 e. The second kappa shape index (κ2) is 4.88. The minimum absolute atomic E-state index is 0.203. The molecule has 0 unspecified atom stereocenters. The molecule has 0 bridgehead atoms. The van der Waals surface area contributed by atoms with Crippen molar-refractivity contribution < 1.29 is 4.79 Å². The molecule has 2 rings (SSSR count). The zero-order chi connectivity index (χ0) is 11.5. The second-order valence-electron chi connectivity index (χ2n) is 4.49. The molecule has 86 valence electrons. The van der Waals surface area contributed by atoms with Crippen LogP contribution in [0.1, 0.15) is 18.9 Å². The lowest BCUT2D eigenvalue weighted by Crippen LogP contribution is -2.27. The molecule has 1 aliphatic carbocycles. The monoisotopic (exact) mass is 237 g/mol. The van der Waals surface area contributed by atoms with Crippen molar-refractivity contribution in [3.8, 4) is 0 Å². The van der Waals surface area contributed by atoms with Gasteiger partial charge in [-0.25, -0.2) is 0 Å². The van der Waals surface area contributed by atoms with E-state index in [1.54, 1.807) is 0 Å². The number of hydrogen-bond donors (Lipinski definition) is 1. The van der Waals surface area contributed by atoms with Gasteiger partial charge in [-0.1, -0.05) is 30.7 Å². The molecule has 1 aromatic carbocycles. The Morgan fingerprint density at radius 3 is 2.94 bits per heavy atom. The summed E-state index contributed by atoms with van der Waals surface area (Å²) in [6, 6.07) is 7.75. The second-order valence-corrected chi connectivity index (χ2v) is 4.93. The van der Waals surface area contributed by atoms with E-state index >= 15 is 0 Å². The number of amides is 1. The fourth-order valence-electron chi connectivity index (χ4n) is 1.84. The van der Waals surface area contributed by atoms with Gasteiger partial charge in [0, 0.05) is 17.5 Å². The fraction of sp³-hybridized carbons (Fsp3) is 0.462. The van der Waals surface area contributed by atoms with Gasteiger partial charge in [0.1, 0.15) is 0 Å². The summed E-state index contributed by atoms with van der Waals surface area (Å²) in [6.45, 7) is 2.81. The minimum atomic E-state index is 0.203. The van der Waals surface area contributed by atoms with Crippen LogP contribution in [0.3, 0.4) is 0 Å². The van der Waals surface area contributed by atoms with E-state index in [9.17, 15) is 4.79 Å². The largest absolute Gasteiger partial charge is 0.356 e. The molecule has 0 saturated heterocycles. The van der Waals surface area contributed by atoms with Crippen molar-refractivity contribution in [1.29, 1.82) is 0 Å². The van der Waals surface area contributed by atoms with E-state index < -0.39 is 0 Å². The molecule has 1 aromatic rings. The van der Waals surface area contributed by atoms with E-state index in [0.29, 0.717) is 12.5 Å². The first kappa shape index (κ1) is 11.5. The molecule has 1 saturated carbocycles. The summed E-state index contributed by atoms with van der Waals surface area (Å²) in [7, 11) is 0. The first-order valence-electron chi connectivity index (χ1n) is 5.69. The van der Waals surface area contributed by atoms with E-state index in [1.807, 2.05) is 24.3 Å². The number of rotatable bonds is 4. The summed E-state index contributed by atoms with van der Waals surface area (Å²) in [6.07, 6.45) is 1.89. The van der Waals surface area contributed by atoms with Crippen LogP contribution in [0.25, 0.3) is 0 Å². The average Bonchev–Trinajstić information content (AvgIpc) is 2.96. The highest BCUT2D eigenvalue weighted by molar-refractivity contribution is 6.30. The van der Waals surface area contributed by atoms with Gasteiger partial charge in [-0.2, -0.15) is 0 Å². The summed E-state index contributed by atoms with van der Waals surface area (Å²) in [5, 5.41) is 3.71. The molecule has 3 heteroatoms. The Morgan fingerprint density at radius 1 is 1.56 bits per heavy atom. The molecule has 1 N–H and O–H groups in total. The van der Waals surface area contributed by atoms with Gasteiger partial charge in [0.25, 0.3) is 0 Å². The smallest absolute Gasteiger partial charge is 0.223 e. The zero-order valence-corrected chi connectivity index (χ0v) is 10.1. The van der Waals surface area contributed by atoms with Crippen LogP contribution in [0.4, 0.5) is 0 Å². The Hall–Kier alpha value is -1.02. The molecular weight excluding hydrogens is 222 g/mol. The predicted molar refractivity (Wildman–Crippen MR) is 65.4 cm³/mol. The maximum absolute atomic E-state index is 11.5. The van der Waals surface area contributed by atoms with E-state index in [2.05, 4.69) is 12.2 Å². The number of halogens is 1. The van der Waals surface area contributed by atoms with Gasteiger partial charge in [0.05, 0.1) is 0 Å². The average molecular weight is 238 g/mol. The summed E-state index contributed by atoms with van der Waals surface area (Å²) >= 11 is 5.88. The SMILES string of the molecule is C[C@@H]1C[C@H]1C(=O)NCCc1cccc(Cl)c1. The molecule has 0 spiro atoms. The van der Waals surface area contributed by atoms with E-state index in [0.717, 1.165) is 23.4 Å². The maximum Gasteiger partial charge on any atom is 0.223 e. The normalized spacial score (nSPS) is 22.9. The van der Waals surface area contributed by atoms with Crippen molar-refractivity contribution in [2.45, 2.75) is 19.8 Å². The van der Waals surface area contributed by atoms with Gasteiger partial charge in [-0.3, -0.25) is 4.79 Å². The number of benzene rings is 1. The third-order valence-corrected chi connectivity index (χ3v) is 3.28. The topological polar surface area (TPSA) is 29.1 Å². The lowest BCUT2D eigenvalue weighted by Gasteiger charge is -2.04. The Labute approximate surface area is 101 Å². The molecule has 0 aromatic heterocycles. The third-order valence-electron chi connectivity index (χ3n) is 3.05. The van der Waals surface area contributed by atoms with Gasteiger partial charge in [0.2, 0.25) is 5.91 Å². The lowest BCUT2D eigenvalue weighted by molar-refractivity contribution is -0.122. The van der Waals surface area contributed by atoms with Crippen LogP contribution in [0, 0.1) is 11.8 Å². The first-order chi connectivity index (χ1) is 7.66. The molecule has 0 aliphatic heterocycles. The van der Waals surface area contributed by atoms with Crippen LogP contribution in [0.15, 0.2) is 24.3 Å². The van der Waals surface area contributed by atoms with Gasteiger partial charge in [0.15, 0.2) is 0 Å². The molecule has 1 amide bonds. The quantitative estimate of drug-likeness (QED) is 0.857. The highest BCUT2D eigenvalue weighted by Crippen LogP contribution is 2.37. The van der Waals surface area contributed by atoms with Crippen LogP contribution in [-0.4, -0.2) is 12.5 Å². The third kappa shape index (κ3) is 2.99. The van der Waals surface area contributed by atoms with E-state index in [4.69, 9.17) is 11.6 Å². The number of nitrogens with one attached hydrogen (secondary N) is 1. The van der Waals surface area contributed by atoms with Crippen LogP contribution >= 0.6 is 11.6 Å². The number of hydrogen-bond acceptors (Lipinski definition) is 1. The van der Waals surface area contributed by atoms with Crippen LogP contribution in [0.2, 0.25) is 5.02 Å². The molecule has 1 aliphatic rings. The Kier molecular flexibility index (Phi) is 3.49. The van der Waals surface area contributed by atoms with Crippen LogP contribution in [0.5, 0.6) is 0 Å². The molecule has 16 heavy (non-hydrogen) atoms. The highest BCUT2D eigenvalue weighted by atomic mass is 35.5. The maximum atomic E-state index is 11.5. The summed E-state index contributed by atoms with van der Waals surface area (Å²) in [4.78, 5) is 11.5. The Bertz CT molecular complexity index is 391. The summed E-state index contributed by atoms with van der Waals surface area (Å²) < 4.78 is 0. The lowest BCUT2D eigenvalue weighted by atomic mass is 10.1. The van der Waals surface area contributed by atoms with E-state index in [1.165, 1.54) is 0 Å². The fourth-order valence-corrected chi connectivity index (χ4v) is 2.05. The standard InChI is InChI=1S/C13H16ClNO/c1-9-7-12(9)13(16)15-6-5-10-3-2-4-11(14)8-10/h2-4,8-9,12H,5-7H2,1H3,(H,15,16)/t9-,12-/m1/s1. The molecule has 0 radical (unpaired) electrons. The van der Waals surface area contributed by atoms with Crippen molar-refractivity contribution in [2.24, 2.45) is 11.8 Å².